The molecule has 0 unspecified atom stereocenters. The molecule has 0 aliphatic rings. The molecular weight excluding hydrogens is 204 g/mol. The summed E-state index contributed by atoms with van der Waals surface area (Å²) in [4.78, 5) is 6.25. The molecule has 0 amide bonds. The van der Waals surface area contributed by atoms with Crippen LogP contribution in [0.5, 0.6) is 0 Å². The van der Waals surface area contributed by atoms with Gasteiger partial charge in [0.05, 0.1) is 0 Å². The number of aromatic amines is 2. The molecule has 2 rings (SSSR count). The summed E-state index contributed by atoms with van der Waals surface area (Å²) < 4.78 is 0. The summed E-state index contributed by atoms with van der Waals surface area (Å²) in [5, 5.41) is 16.2. The quantitative estimate of drug-likeness (QED) is 0.826. The first-order chi connectivity index (χ1) is 7.58. The third-order valence-electron chi connectivity index (χ3n) is 2.33. The highest BCUT2D eigenvalue weighted by Gasteiger charge is 2.13. The molecule has 6 heteroatoms. The predicted molar refractivity (Wildman–Crippen MR) is 59.9 cm³/mol. The third-order valence-corrected chi connectivity index (χ3v) is 2.33. The first-order valence-corrected chi connectivity index (χ1v) is 5.43. The molecule has 2 heterocycles. The van der Waals surface area contributed by atoms with Gasteiger partial charge in [0.2, 0.25) is 0 Å². The summed E-state index contributed by atoms with van der Waals surface area (Å²) in [6, 6.07) is 0. The molecule has 0 radical (unpaired) electrons. The molecule has 2 N–H and O–H groups in total. The fourth-order valence-electron chi connectivity index (χ4n) is 1.28. The SMILES string of the molecule is CC(C)c1nnc(-c2nnc(C(C)C)[nH]2)[nH]1. The van der Waals surface area contributed by atoms with E-state index in [2.05, 4.69) is 58.1 Å². The lowest BCUT2D eigenvalue weighted by Crippen LogP contribution is -1.90. The Morgan fingerprint density at radius 1 is 0.688 bits per heavy atom. The van der Waals surface area contributed by atoms with Gasteiger partial charge in [-0.05, 0) is 0 Å². The Kier molecular flexibility index (Phi) is 2.72. The standard InChI is InChI=1S/C10H16N6/c1-5(2)7-11-9(15-13-7)10-12-8(6(3)4)14-16-10/h5-6H,1-4H3,(H,11,13,15)(H,12,14,16). The van der Waals surface area contributed by atoms with Crippen molar-refractivity contribution in [1.29, 1.82) is 0 Å². The summed E-state index contributed by atoms with van der Waals surface area (Å²) in [5.41, 5.74) is 0. The second-order valence-corrected chi connectivity index (χ2v) is 4.43. The Labute approximate surface area is 93.9 Å². The number of hydrogen-bond acceptors (Lipinski definition) is 4. The van der Waals surface area contributed by atoms with Crippen LogP contribution in [0.3, 0.4) is 0 Å². The van der Waals surface area contributed by atoms with Gasteiger partial charge in [0.1, 0.15) is 11.6 Å². The van der Waals surface area contributed by atoms with Crippen LogP contribution in [0.4, 0.5) is 0 Å². The van der Waals surface area contributed by atoms with Crippen LogP contribution in [0, 0.1) is 0 Å². The zero-order chi connectivity index (χ0) is 11.7. The first-order valence-electron chi connectivity index (χ1n) is 5.43. The molecule has 0 bridgehead atoms. The fraction of sp³-hybridized carbons (Fsp3) is 0.600. The van der Waals surface area contributed by atoms with Gasteiger partial charge in [-0.15, -0.1) is 20.4 Å². The molecule has 0 saturated heterocycles. The highest BCUT2D eigenvalue weighted by molar-refractivity contribution is 5.41. The maximum Gasteiger partial charge on any atom is 0.199 e. The highest BCUT2D eigenvalue weighted by atomic mass is 15.3. The number of H-pyrrole nitrogens is 2. The van der Waals surface area contributed by atoms with Crippen LogP contribution in [-0.4, -0.2) is 30.4 Å². The van der Waals surface area contributed by atoms with Gasteiger partial charge in [-0.25, -0.2) is 0 Å². The Morgan fingerprint density at radius 3 is 1.31 bits per heavy atom. The van der Waals surface area contributed by atoms with Gasteiger partial charge in [0.25, 0.3) is 0 Å². The molecule has 6 nitrogen and oxygen atoms in total. The van der Waals surface area contributed by atoms with Crippen molar-refractivity contribution in [2.75, 3.05) is 0 Å². The van der Waals surface area contributed by atoms with Crippen LogP contribution >= 0.6 is 0 Å². The summed E-state index contributed by atoms with van der Waals surface area (Å²) in [6.07, 6.45) is 0. The average Bonchev–Trinajstić information content (AvgIpc) is 2.86. The monoisotopic (exact) mass is 220 g/mol. The molecule has 0 spiro atoms. The second-order valence-electron chi connectivity index (χ2n) is 4.43. The largest absolute Gasteiger partial charge is 0.322 e. The van der Waals surface area contributed by atoms with E-state index in [-0.39, 0.29) is 0 Å². The van der Waals surface area contributed by atoms with Crippen molar-refractivity contribution in [3.8, 4) is 11.6 Å². The second kappa shape index (κ2) is 4.03. The Bertz CT molecular complexity index is 423. The van der Waals surface area contributed by atoms with Gasteiger partial charge in [0, 0.05) is 11.8 Å². The van der Waals surface area contributed by atoms with Gasteiger partial charge in [0.15, 0.2) is 11.6 Å². The minimum absolute atomic E-state index is 0.328. The Morgan fingerprint density at radius 2 is 1.06 bits per heavy atom. The van der Waals surface area contributed by atoms with Crippen molar-refractivity contribution in [2.24, 2.45) is 0 Å². The highest BCUT2D eigenvalue weighted by Crippen LogP contribution is 2.15. The van der Waals surface area contributed by atoms with E-state index in [0.717, 1.165) is 11.6 Å². The summed E-state index contributed by atoms with van der Waals surface area (Å²) in [6.45, 7) is 8.24. The molecule has 2 aromatic heterocycles. The molecule has 0 fully saturated rings. The van der Waals surface area contributed by atoms with Gasteiger partial charge >= 0.3 is 0 Å². The summed E-state index contributed by atoms with van der Waals surface area (Å²) >= 11 is 0. The Balaban J connectivity index is 2.28. The number of nitrogens with one attached hydrogen (secondary N) is 2. The normalized spacial score (nSPS) is 11.6. The van der Waals surface area contributed by atoms with Gasteiger partial charge in [-0.2, -0.15) is 0 Å². The van der Waals surface area contributed by atoms with Crippen molar-refractivity contribution in [3.05, 3.63) is 11.6 Å². The first kappa shape index (κ1) is 10.8. The summed E-state index contributed by atoms with van der Waals surface area (Å²) in [5.74, 6) is 3.66. The van der Waals surface area contributed by atoms with E-state index in [9.17, 15) is 0 Å². The van der Waals surface area contributed by atoms with Crippen LogP contribution in [0.1, 0.15) is 51.2 Å². The molecular formula is C10H16N6. The predicted octanol–water partition coefficient (Wildman–Crippen LogP) is 1.84. The van der Waals surface area contributed by atoms with Gasteiger partial charge < -0.3 is 9.97 Å². The van der Waals surface area contributed by atoms with Crippen molar-refractivity contribution in [3.63, 3.8) is 0 Å². The van der Waals surface area contributed by atoms with E-state index in [4.69, 9.17) is 0 Å². The van der Waals surface area contributed by atoms with Crippen LogP contribution in [0.25, 0.3) is 11.6 Å². The van der Waals surface area contributed by atoms with E-state index < -0.39 is 0 Å². The van der Waals surface area contributed by atoms with Crippen molar-refractivity contribution < 1.29 is 0 Å². The zero-order valence-electron chi connectivity index (χ0n) is 9.94. The minimum Gasteiger partial charge on any atom is -0.322 e. The van der Waals surface area contributed by atoms with E-state index in [0.29, 0.717) is 23.5 Å². The smallest absolute Gasteiger partial charge is 0.199 e. The van der Waals surface area contributed by atoms with E-state index in [1.807, 2.05) is 0 Å². The van der Waals surface area contributed by atoms with Crippen LogP contribution in [-0.2, 0) is 0 Å². The molecule has 2 aromatic rings. The lowest BCUT2D eigenvalue weighted by Gasteiger charge is -1.96. The molecule has 0 aliphatic carbocycles. The maximum absolute atomic E-state index is 4.05. The molecule has 0 aliphatic heterocycles. The number of rotatable bonds is 3. The molecule has 0 atom stereocenters. The third kappa shape index (κ3) is 1.95. The van der Waals surface area contributed by atoms with Gasteiger partial charge in [-0.1, -0.05) is 27.7 Å². The zero-order valence-corrected chi connectivity index (χ0v) is 9.94. The lowest BCUT2D eigenvalue weighted by molar-refractivity contribution is 0.780. The van der Waals surface area contributed by atoms with Crippen LogP contribution in [0.15, 0.2) is 0 Å². The molecule has 0 saturated carbocycles. The topological polar surface area (TPSA) is 83.1 Å². The number of nitrogens with zero attached hydrogens (tertiary/aromatic N) is 4. The van der Waals surface area contributed by atoms with Crippen molar-refractivity contribution in [2.45, 2.75) is 39.5 Å². The molecule has 16 heavy (non-hydrogen) atoms. The lowest BCUT2D eigenvalue weighted by atomic mass is 10.2. The molecule has 86 valence electrons. The van der Waals surface area contributed by atoms with E-state index >= 15 is 0 Å². The summed E-state index contributed by atoms with van der Waals surface area (Å²) in [7, 11) is 0. The minimum atomic E-state index is 0.328. The Hall–Kier alpha value is -1.72. The molecule has 0 aromatic carbocycles. The van der Waals surface area contributed by atoms with Crippen LogP contribution < -0.4 is 0 Å². The van der Waals surface area contributed by atoms with E-state index in [1.54, 1.807) is 0 Å². The van der Waals surface area contributed by atoms with Crippen molar-refractivity contribution >= 4 is 0 Å². The van der Waals surface area contributed by atoms with Crippen LogP contribution in [0.2, 0.25) is 0 Å². The maximum atomic E-state index is 4.05. The average molecular weight is 220 g/mol. The van der Waals surface area contributed by atoms with E-state index in [1.165, 1.54) is 0 Å². The van der Waals surface area contributed by atoms with Gasteiger partial charge in [-0.3, -0.25) is 0 Å². The number of hydrogen-bond donors (Lipinski definition) is 2. The fourth-order valence-corrected chi connectivity index (χ4v) is 1.28. The van der Waals surface area contributed by atoms with Crippen molar-refractivity contribution in [1.82, 2.24) is 30.4 Å². The number of aromatic nitrogens is 6.